The molecule has 1 aliphatic heterocycles. The van der Waals surface area contributed by atoms with Crippen LogP contribution in [0.25, 0.3) is 0 Å². The maximum absolute atomic E-state index is 11.8. The fourth-order valence-corrected chi connectivity index (χ4v) is 5.82. The van der Waals surface area contributed by atoms with E-state index in [9.17, 15) is 9.90 Å². The van der Waals surface area contributed by atoms with E-state index in [0.717, 1.165) is 16.6 Å². The van der Waals surface area contributed by atoms with Crippen molar-refractivity contribution in [1.82, 2.24) is 0 Å². The minimum Gasteiger partial charge on any atom is -0.478 e. The van der Waals surface area contributed by atoms with Crippen molar-refractivity contribution in [3.8, 4) is 0 Å². The van der Waals surface area contributed by atoms with Crippen molar-refractivity contribution in [2.75, 3.05) is 5.32 Å². The molecule has 0 aromatic heterocycles. The van der Waals surface area contributed by atoms with E-state index in [1.165, 1.54) is 30.4 Å². The van der Waals surface area contributed by atoms with Crippen LogP contribution in [0.3, 0.4) is 0 Å². The second kappa shape index (κ2) is 5.50. The van der Waals surface area contributed by atoms with Crippen LogP contribution in [0, 0.1) is 17.8 Å². The largest absolute Gasteiger partial charge is 0.478 e. The molecule has 4 heteroatoms. The van der Waals surface area contributed by atoms with Gasteiger partial charge in [0, 0.05) is 5.02 Å². The fraction of sp³-hybridized carbons (Fsp3) is 0.381. The second-order valence-corrected chi connectivity index (χ2v) is 8.12. The first-order valence-electron chi connectivity index (χ1n) is 9.01. The Hall–Kier alpha value is -2.00. The lowest BCUT2D eigenvalue weighted by molar-refractivity contribution is 0.0697. The van der Waals surface area contributed by atoms with Gasteiger partial charge in [-0.2, -0.15) is 0 Å². The highest BCUT2D eigenvalue weighted by atomic mass is 35.5. The molecule has 2 bridgehead atoms. The van der Waals surface area contributed by atoms with E-state index in [0.29, 0.717) is 23.3 Å². The van der Waals surface area contributed by atoms with Gasteiger partial charge in [0.05, 0.1) is 17.3 Å². The molecule has 5 rings (SSSR count). The fourth-order valence-electron chi connectivity index (χ4n) is 5.69. The molecule has 2 fully saturated rings. The first kappa shape index (κ1) is 15.3. The number of carboxylic acid groups (broad SMARTS) is 1. The number of anilines is 1. The van der Waals surface area contributed by atoms with Crippen LogP contribution in [0.15, 0.2) is 42.5 Å². The van der Waals surface area contributed by atoms with Crippen LogP contribution < -0.4 is 5.32 Å². The Morgan fingerprint density at radius 3 is 2.60 bits per heavy atom. The number of carbonyl (C=O) groups is 1. The number of halogens is 1. The van der Waals surface area contributed by atoms with Gasteiger partial charge in [-0.15, -0.1) is 0 Å². The Balaban J connectivity index is 1.67. The molecule has 2 N–H and O–H groups in total. The van der Waals surface area contributed by atoms with Crippen LogP contribution >= 0.6 is 11.6 Å². The van der Waals surface area contributed by atoms with Gasteiger partial charge in [-0.05, 0) is 72.3 Å². The van der Waals surface area contributed by atoms with E-state index >= 15 is 0 Å². The summed E-state index contributed by atoms with van der Waals surface area (Å²) in [7, 11) is 0. The topological polar surface area (TPSA) is 49.3 Å². The van der Waals surface area contributed by atoms with Crippen molar-refractivity contribution in [3.05, 3.63) is 64.2 Å². The molecule has 5 atom stereocenters. The Bertz CT molecular complexity index is 847. The Kier molecular flexibility index (Phi) is 3.36. The Morgan fingerprint density at radius 2 is 1.84 bits per heavy atom. The molecule has 1 heterocycles. The summed E-state index contributed by atoms with van der Waals surface area (Å²) in [6, 6.07) is 13.9. The van der Waals surface area contributed by atoms with Gasteiger partial charge in [0.2, 0.25) is 0 Å². The summed E-state index contributed by atoms with van der Waals surface area (Å²) in [5.41, 5.74) is 3.63. The standard InChI is InChI=1S/C21H20ClNO2/c22-14-8-6-11(7-9-14)19-18-13-5-4-12(10-13)17(18)15-2-1-3-16(21(24)25)20(15)23-19/h1-3,6-9,12-13,17-19,23H,4-5,10H2,(H,24,25)/t12-,13-,17+,18+,19+/m0/s1. The Labute approximate surface area is 152 Å². The third-order valence-electron chi connectivity index (χ3n) is 6.58. The number of benzene rings is 2. The summed E-state index contributed by atoms with van der Waals surface area (Å²) >= 11 is 6.07. The summed E-state index contributed by atoms with van der Waals surface area (Å²) in [6.07, 6.45) is 3.85. The minimum absolute atomic E-state index is 0.158. The van der Waals surface area contributed by atoms with Crippen LogP contribution in [-0.4, -0.2) is 11.1 Å². The molecule has 3 aliphatic rings. The normalized spacial score (nSPS) is 32.0. The molecule has 3 nitrogen and oxygen atoms in total. The van der Waals surface area contributed by atoms with E-state index < -0.39 is 5.97 Å². The maximum Gasteiger partial charge on any atom is 0.337 e. The molecule has 2 aromatic carbocycles. The van der Waals surface area contributed by atoms with E-state index in [2.05, 4.69) is 23.5 Å². The first-order chi connectivity index (χ1) is 12.1. The van der Waals surface area contributed by atoms with Crippen molar-refractivity contribution >= 4 is 23.3 Å². The lowest BCUT2D eigenvalue weighted by Crippen LogP contribution is -2.36. The van der Waals surface area contributed by atoms with Crippen molar-refractivity contribution in [1.29, 1.82) is 0 Å². The average molecular weight is 354 g/mol. The highest BCUT2D eigenvalue weighted by Crippen LogP contribution is 2.63. The highest BCUT2D eigenvalue weighted by molar-refractivity contribution is 6.30. The molecule has 128 valence electrons. The summed E-state index contributed by atoms with van der Waals surface area (Å²) in [5, 5.41) is 14.0. The third kappa shape index (κ3) is 2.22. The molecule has 25 heavy (non-hydrogen) atoms. The summed E-state index contributed by atoms with van der Waals surface area (Å²) in [4.78, 5) is 11.8. The van der Waals surface area contributed by atoms with Crippen molar-refractivity contribution in [2.45, 2.75) is 31.2 Å². The van der Waals surface area contributed by atoms with Gasteiger partial charge in [0.15, 0.2) is 0 Å². The maximum atomic E-state index is 11.8. The van der Waals surface area contributed by atoms with Gasteiger partial charge >= 0.3 is 5.97 Å². The summed E-state index contributed by atoms with van der Waals surface area (Å²) in [5.74, 6) is 1.56. The van der Waals surface area contributed by atoms with Gasteiger partial charge in [-0.1, -0.05) is 35.9 Å². The molecule has 0 unspecified atom stereocenters. The number of fused-ring (bicyclic) bond motifs is 7. The van der Waals surface area contributed by atoms with Gasteiger partial charge in [0.1, 0.15) is 0 Å². The van der Waals surface area contributed by atoms with Crippen LogP contribution in [0.4, 0.5) is 5.69 Å². The SMILES string of the molecule is O=C(O)c1cccc2c1N[C@H](c1ccc(Cl)cc1)[C@@H]1[C@H]3CC[C@@H](C3)[C@H]21. The number of para-hydroxylation sites is 1. The number of carboxylic acids is 1. The number of rotatable bonds is 2. The smallest absolute Gasteiger partial charge is 0.337 e. The molecular formula is C21H20ClNO2. The zero-order valence-electron chi connectivity index (χ0n) is 13.8. The lowest BCUT2D eigenvalue weighted by Gasteiger charge is -2.44. The number of hydrogen-bond acceptors (Lipinski definition) is 2. The molecule has 0 amide bonds. The van der Waals surface area contributed by atoms with E-state index in [1.807, 2.05) is 18.2 Å². The minimum atomic E-state index is -0.860. The Morgan fingerprint density at radius 1 is 1.08 bits per heavy atom. The molecule has 0 saturated heterocycles. The van der Waals surface area contributed by atoms with E-state index in [-0.39, 0.29) is 6.04 Å². The summed E-state index contributed by atoms with van der Waals surface area (Å²) in [6.45, 7) is 0. The average Bonchev–Trinajstić information content (AvgIpc) is 3.23. The van der Waals surface area contributed by atoms with Crippen LogP contribution in [0.1, 0.15) is 52.7 Å². The molecule has 2 aliphatic carbocycles. The predicted molar refractivity (Wildman–Crippen MR) is 98.3 cm³/mol. The second-order valence-electron chi connectivity index (χ2n) is 7.68. The summed E-state index contributed by atoms with van der Waals surface area (Å²) < 4.78 is 0. The number of hydrogen-bond donors (Lipinski definition) is 2. The quantitative estimate of drug-likeness (QED) is 0.766. The molecule has 0 radical (unpaired) electrons. The number of aromatic carboxylic acids is 1. The van der Waals surface area contributed by atoms with Crippen molar-refractivity contribution in [3.63, 3.8) is 0 Å². The van der Waals surface area contributed by atoms with E-state index in [4.69, 9.17) is 11.6 Å². The van der Waals surface area contributed by atoms with Gasteiger partial charge in [-0.25, -0.2) is 4.79 Å². The molecule has 2 saturated carbocycles. The van der Waals surface area contributed by atoms with Crippen LogP contribution in [0.5, 0.6) is 0 Å². The zero-order chi connectivity index (χ0) is 17.1. The first-order valence-corrected chi connectivity index (χ1v) is 9.39. The van der Waals surface area contributed by atoms with Crippen LogP contribution in [-0.2, 0) is 0 Å². The zero-order valence-corrected chi connectivity index (χ0v) is 14.5. The van der Waals surface area contributed by atoms with Gasteiger partial charge < -0.3 is 10.4 Å². The van der Waals surface area contributed by atoms with Gasteiger partial charge in [0.25, 0.3) is 0 Å². The van der Waals surface area contributed by atoms with Crippen molar-refractivity contribution < 1.29 is 9.90 Å². The van der Waals surface area contributed by atoms with Crippen LogP contribution in [0.2, 0.25) is 5.02 Å². The third-order valence-corrected chi connectivity index (χ3v) is 6.83. The van der Waals surface area contributed by atoms with Gasteiger partial charge in [-0.3, -0.25) is 0 Å². The van der Waals surface area contributed by atoms with Crippen molar-refractivity contribution in [2.24, 2.45) is 17.8 Å². The number of nitrogens with one attached hydrogen (secondary N) is 1. The lowest BCUT2D eigenvalue weighted by atomic mass is 9.67. The predicted octanol–water partition coefficient (Wildman–Crippen LogP) is 5.33. The molecule has 0 spiro atoms. The monoisotopic (exact) mass is 353 g/mol. The van der Waals surface area contributed by atoms with E-state index in [1.54, 1.807) is 6.07 Å². The highest BCUT2D eigenvalue weighted by Gasteiger charge is 2.54. The molecular weight excluding hydrogens is 334 g/mol. The molecule has 2 aromatic rings.